The van der Waals surface area contributed by atoms with Gasteiger partial charge >= 0.3 is 13.7 Å². The molecule has 1 aliphatic rings. The van der Waals surface area contributed by atoms with Gasteiger partial charge < -0.3 is 19.1 Å². The van der Waals surface area contributed by atoms with Crippen LogP contribution in [0.4, 0.5) is 4.39 Å². The number of halogens is 1. The van der Waals surface area contributed by atoms with Crippen LogP contribution in [0.15, 0.2) is 48.8 Å². The average Bonchev–Trinajstić information content (AvgIpc) is 3.48. The van der Waals surface area contributed by atoms with Gasteiger partial charge in [0, 0.05) is 6.26 Å². The lowest BCUT2D eigenvalue weighted by Gasteiger charge is -2.30. The van der Waals surface area contributed by atoms with Gasteiger partial charge in [-0.1, -0.05) is 18.2 Å². The number of rotatable bonds is 13. The topological polar surface area (TPSA) is 191 Å². The summed E-state index contributed by atoms with van der Waals surface area (Å²) >= 11 is 0. The number of esters is 1. The van der Waals surface area contributed by atoms with Crippen molar-refractivity contribution in [1.29, 1.82) is 5.26 Å². The lowest BCUT2D eigenvalue weighted by atomic mass is 9.82. The molecule has 14 nitrogen and oxygen atoms in total. The van der Waals surface area contributed by atoms with Crippen LogP contribution in [-0.4, -0.2) is 83.2 Å². The molecule has 3 aromatic rings. The summed E-state index contributed by atoms with van der Waals surface area (Å²) in [4.78, 5) is 16.8. The number of para-hydroxylation sites is 1. The Hall–Kier alpha value is -3.45. The van der Waals surface area contributed by atoms with Crippen LogP contribution in [0.3, 0.4) is 0 Å². The molecule has 0 saturated carbocycles. The number of aliphatic hydroxyl groups excluding tert-OH is 1. The molecule has 2 aromatic heterocycles. The lowest BCUT2D eigenvalue weighted by molar-refractivity contribution is -0.145. The number of nitriles is 1. The molecule has 1 saturated heterocycles. The molecule has 1 aromatic carbocycles. The summed E-state index contributed by atoms with van der Waals surface area (Å²) in [7, 11) is -8.14. The number of ether oxygens (including phenoxy) is 2. The van der Waals surface area contributed by atoms with Gasteiger partial charge in [0.05, 0.1) is 35.9 Å². The Morgan fingerprint density at radius 1 is 1.32 bits per heavy atom. The maximum absolute atomic E-state index is 16.4. The van der Waals surface area contributed by atoms with E-state index in [1.165, 1.54) is 36.0 Å². The first-order chi connectivity index (χ1) is 20.7. The molecule has 6 atom stereocenters. The second kappa shape index (κ2) is 12.9. The number of sulfone groups is 1. The smallest absolute Gasteiger partial charge is 0.459 e. The first kappa shape index (κ1) is 33.4. The van der Waals surface area contributed by atoms with E-state index < -0.39 is 65.4 Å². The van der Waals surface area contributed by atoms with Crippen molar-refractivity contribution < 1.29 is 45.8 Å². The van der Waals surface area contributed by atoms with Crippen LogP contribution >= 0.6 is 7.75 Å². The summed E-state index contributed by atoms with van der Waals surface area (Å²) in [5, 5.41) is 27.9. The van der Waals surface area contributed by atoms with Gasteiger partial charge in [-0.2, -0.15) is 15.4 Å². The van der Waals surface area contributed by atoms with Gasteiger partial charge in [-0.25, -0.2) is 26.9 Å². The normalized spacial score (nSPS) is 25.7. The first-order valence-corrected chi connectivity index (χ1v) is 17.1. The van der Waals surface area contributed by atoms with Crippen LogP contribution in [0, 0.1) is 18.3 Å². The molecule has 3 heterocycles. The Balaban J connectivity index is 1.65. The molecule has 4 rings (SSSR count). The van der Waals surface area contributed by atoms with Gasteiger partial charge in [0.1, 0.15) is 46.2 Å². The van der Waals surface area contributed by atoms with Gasteiger partial charge in [-0.3, -0.25) is 9.32 Å². The maximum Gasteiger partial charge on any atom is 0.459 e. The van der Waals surface area contributed by atoms with Gasteiger partial charge in [-0.05, 0) is 51.5 Å². The lowest BCUT2D eigenvalue weighted by Crippen LogP contribution is -2.48. The number of hydrogen-bond acceptors (Lipinski definition) is 12. The van der Waals surface area contributed by atoms with E-state index in [2.05, 4.69) is 15.2 Å². The van der Waals surface area contributed by atoms with Crippen LogP contribution in [0.1, 0.15) is 31.7 Å². The SMILES string of the molecule is CCOC(=O)[C@H](CCS(C)(=O)=O)NP(=O)(OC[C@H]1O[C@@](C#N)(c2ccc3c(C)ncnn23)[C@](C)(F)[C@@H]1O)Oc1ccccc1. The quantitative estimate of drug-likeness (QED) is 0.202. The highest BCUT2D eigenvalue weighted by atomic mass is 32.2. The third-order valence-electron chi connectivity index (χ3n) is 7.13. The molecule has 1 fully saturated rings. The predicted molar refractivity (Wildman–Crippen MR) is 154 cm³/mol. The number of alkyl halides is 1. The fourth-order valence-electron chi connectivity index (χ4n) is 4.80. The highest BCUT2D eigenvalue weighted by molar-refractivity contribution is 7.90. The monoisotopic (exact) mass is 653 g/mol. The van der Waals surface area contributed by atoms with E-state index in [1.54, 1.807) is 31.2 Å². The van der Waals surface area contributed by atoms with Crippen molar-refractivity contribution in [3.8, 4) is 11.8 Å². The zero-order valence-corrected chi connectivity index (χ0v) is 26.1. The fraction of sp³-hybridized carbons (Fsp3) is 0.481. The summed E-state index contributed by atoms with van der Waals surface area (Å²) in [6.07, 6.45) is -1.67. The number of hydrogen-bond donors (Lipinski definition) is 2. The van der Waals surface area contributed by atoms with Gasteiger partial charge in [0.2, 0.25) is 5.60 Å². The molecule has 0 radical (unpaired) electrons. The van der Waals surface area contributed by atoms with Gasteiger partial charge in [-0.15, -0.1) is 0 Å². The minimum Gasteiger partial charge on any atom is -0.465 e. The Morgan fingerprint density at radius 2 is 2.02 bits per heavy atom. The Labute approximate surface area is 253 Å². The van der Waals surface area contributed by atoms with Crippen molar-refractivity contribution in [1.82, 2.24) is 19.7 Å². The summed E-state index contributed by atoms with van der Waals surface area (Å²) in [6.45, 7) is 3.41. The molecular formula is C27H33FN5O9PS. The second-order valence-corrected chi connectivity index (χ2v) is 14.3. The molecular weight excluding hydrogens is 620 g/mol. The van der Waals surface area contributed by atoms with Crippen molar-refractivity contribution in [2.24, 2.45) is 0 Å². The number of carbonyl (C=O) groups is 1. The van der Waals surface area contributed by atoms with Crippen LogP contribution in [0.2, 0.25) is 0 Å². The highest BCUT2D eigenvalue weighted by Crippen LogP contribution is 2.51. The van der Waals surface area contributed by atoms with Crippen molar-refractivity contribution in [3.63, 3.8) is 0 Å². The minimum absolute atomic E-state index is 0.0166. The fourth-order valence-corrected chi connectivity index (χ4v) is 7.00. The molecule has 1 aliphatic heterocycles. The molecule has 0 amide bonds. The van der Waals surface area contributed by atoms with E-state index in [-0.39, 0.29) is 24.5 Å². The van der Waals surface area contributed by atoms with Crippen LogP contribution in [0.25, 0.3) is 5.52 Å². The van der Waals surface area contributed by atoms with Crippen molar-refractivity contribution >= 4 is 29.1 Å². The van der Waals surface area contributed by atoms with Crippen LogP contribution < -0.4 is 9.61 Å². The first-order valence-electron chi connectivity index (χ1n) is 13.5. The van der Waals surface area contributed by atoms with E-state index in [9.17, 15) is 28.1 Å². The third-order valence-corrected chi connectivity index (χ3v) is 9.67. The molecule has 17 heteroatoms. The number of aliphatic hydroxyl groups is 1. The van der Waals surface area contributed by atoms with E-state index in [0.29, 0.717) is 11.2 Å². The predicted octanol–water partition coefficient (Wildman–Crippen LogP) is 2.40. The summed E-state index contributed by atoms with van der Waals surface area (Å²) in [5.41, 5.74) is -4.08. The Morgan fingerprint density at radius 3 is 2.66 bits per heavy atom. The van der Waals surface area contributed by atoms with Crippen molar-refractivity contribution in [2.75, 3.05) is 25.2 Å². The maximum atomic E-state index is 16.4. The van der Waals surface area contributed by atoms with Crippen molar-refractivity contribution in [3.05, 3.63) is 60.2 Å². The largest absolute Gasteiger partial charge is 0.465 e. The average molecular weight is 654 g/mol. The number of aromatic nitrogens is 3. The Bertz CT molecular complexity index is 1700. The van der Waals surface area contributed by atoms with Gasteiger partial charge in [0.15, 0.2) is 5.67 Å². The summed E-state index contributed by atoms with van der Waals surface area (Å²) < 4.78 is 77.6. The number of carbonyl (C=O) groups excluding carboxylic acids is 1. The number of benzene rings is 1. The second-order valence-electron chi connectivity index (χ2n) is 10.4. The molecule has 238 valence electrons. The third kappa shape index (κ3) is 6.78. The minimum atomic E-state index is -4.60. The molecule has 2 N–H and O–H groups in total. The van der Waals surface area contributed by atoms with E-state index in [1.807, 2.05) is 6.07 Å². The number of aryl methyl sites for hydroxylation is 1. The molecule has 44 heavy (non-hydrogen) atoms. The van der Waals surface area contributed by atoms with Crippen LogP contribution in [0.5, 0.6) is 5.75 Å². The van der Waals surface area contributed by atoms with E-state index in [4.69, 9.17) is 18.5 Å². The molecule has 1 unspecified atom stereocenters. The standard InChI is InChI=1S/C27H33FN5O9PS/c1-5-39-25(35)20(13-14-44(4,37)38)32-43(36,42-19-9-7-6-8-10-19)40-15-22-24(34)26(3,28)27(16-29,41-22)23-12-11-21-18(2)30-17-31-33(21)23/h6-12,17,20,22,24,34H,5,13-15H2,1-4H3,(H,32,36)/t20-,22+,24+,26+,27-,43?/m0/s1. The number of nitrogens with zero attached hydrogens (tertiary/aromatic N) is 4. The van der Waals surface area contributed by atoms with Gasteiger partial charge in [0.25, 0.3) is 0 Å². The van der Waals surface area contributed by atoms with Crippen LogP contribution in [-0.2, 0) is 38.8 Å². The number of fused-ring (bicyclic) bond motifs is 1. The van der Waals surface area contributed by atoms with E-state index in [0.717, 1.165) is 13.2 Å². The summed E-state index contributed by atoms with van der Waals surface area (Å²) in [6, 6.07) is 11.2. The zero-order chi connectivity index (χ0) is 32.3. The molecule has 0 bridgehead atoms. The summed E-state index contributed by atoms with van der Waals surface area (Å²) in [5.74, 6) is -1.32. The zero-order valence-electron chi connectivity index (χ0n) is 24.4. The van der Waals surface area contributed by atoms with E-state index >= 15 is 4.39 Å². The molecule has 0 spiro atoms. The Kier molecular flexibility index (Phi) is 9.79. The highest BCUT2D eigenvalue weighted by Gasteiger charge is 2.67. The molecule has 0 aliphatic carbocycles. The van der Waals surface area contributed by atoms with Crippen molar-refractivity contribution in [2.45, 2.75) is 56.7 Å². The number of nitrogens with one attached hydrogen (secondary N) is 1.